The Hall–Kier alpha value is -2.17. The molecule has 6 heteroatoms. The van der Waals surface area contributed by atoms with Gasteiger partial charge in [0.25, 0.3) is 0 Å². The molecule has 5 nitrogen and oxygen atoms in total. The van der Waals surface area contributed by atoms with Crippen LogP contribution in [0.15, 0.2) is 54.6 Å². The van der Waals surface area contributed by atoms with Crippen molar-refractivity contribution in [3.8, 4) is 0 Å². The minimum atomic E-state index is -0.478. The second kappa shape index (κ2) is 8.28. The van der Waals surface area contributed by atoms with E-state index in [1.165, 1.54) is 35.1 Å². The molecule has 130 valence electrons. The van der Waals surface area contributed by atoms with Crippen molar-refractivity contribution < 1.29 is 14.5 Å². The molecule has 25 heavy (non-hydrogen) atoms. The Labute approximate surface area is 152 Å². The molecular formula is C19H19NO4Se. The topological polar surface area (TPSA) is 69.4 Å². The van der Waals surface area contributed by atoms with E-state index in [-0.39, 0.29) is 26.7 Å². The van der Waals surface area contributed by atoms with Crippen molar-refractivity contribution in [1.82, 2.24) is 0 Å². The Morgan fingerprint density at radius 3 is 2.40 bits per heavy atom. The standard InChI is InChI=1S/C19H19NO4Se/c21-19(14-10-12-15(13-11-14)20(22)23)24-17-8-4-5-9-18(17)25-16-6-2-1-3-7-16/h1-3,6-7,10-13,17-18H,4-5,8-9H2. The predicted octanol–water partition coefficient (Wildman–Crippen LogP) is 3.51. The summed E-state index contributed by atoms with van der Waals surface area (Å²) < 4.78 is 7.09. The molecule has 1 saturated carbocycles. The molecule has 0 bridgehead atoms. The predicted molar refractivity (Wildman–Crippen MR) is 96.3 cm³/mol. The van der Waals surface area contributed by atoms with Crippen LogP contribution >= 0.6 is 0 Å². The van der Waals surface area contributed by atoms with Gasteiger partial charge in [0.1, 0.15) is 0 Å². The molecule has 1 aliphatic rings. The molecule has 0 N–H and O–H groups in total. The average Bonchev–Trinajstić information content (AvgIpc) is 2.64. The average molecular weight is 404 g/mol. The van der Waals surface area contributed by atoms with Gasteiger partial charge in [-0.2, -0.15) is 0 Å². The summed E-state index contributed by atoms with van der Waals surface area (Å²) in [6.07, 6.45) is 4.13. The van der Waals surface area contributed by atoms with Crippen LogP contribution in [0.4, 0.5) is 5.69 Å². The number of nitro benzene ring substituents is 1. The van der Waals surface area contributed by atoms with Gasteiger partial charge in [-0.15, -0.1) is 0 Å². The van der Waals surface area contributed by atoms with Gasteiger partial charge in [0.05, 0.1) is 0 Å². The van der Waals surface area contributed by atoms with Crippen LogP contribution in [0.2, 0.25) is 4.82 Å². The molecule has 0 amide bonds. The van der Waals surface area contributed by atoms with E-state index < -0.39 is 10.9 Å². The van der Waals surface area contributed by atoms with Crippen LogP contribution in [0.1, 0.15) is 36.0 Å². The number of carbonyl (C=O) groups excluding carboxylic acids is 1. The maximum absolute atomic E-state index is 12.4. The first-order valence-electron chi connectivity index (χ1n) is 8.30. The number of benzene rings is 2. The summed E-state index contributed by atoms with van der Waals surface area (Å²) in [4.78, 5) is 23.0. The molecule has 2 aromatic carbocycles. The number of non-ortho nitro benzene ring substituents is 1. The van der Waals surface area contributed by atoms with Crippen molar-refractivity contribution in [2.24, 2.45) is 0 Å². The Balaban J connectivity index is 1.66. The molecule has 2 aromatic rings. The van der Waals surface area contributed by atoms with E-state index in [9.17, 15) is 14.9 Å². The molecule has 0 radical (unpaired) electrons. The second-order valence-corrected chi connectivity index (χ2v) is 8.76. The summed E-state index contributed by atoms with van der Waals surface area (Å²) in [5.74, 6) is -0.393. The number of nitrogens with zero attached hydrogens (tertiary/aromatic N) is 1. The first kappa shape index (κ1) is 17.6. The summed E-state index contributed by atoms with van der Waals surface area (Å²) in [7, 11) is 0. The second-order valence-electron chi connectivity index (χ2n) is 6.00. The van der Waals surface area contributed by atoms with Crippen LogP contribution < -0.4 is 4.46 Å². The molecule has 0 heterocycles. The molecule has 0 spiro atoms. The number of rotatable bonds is 5. The molecule has 2 atom stereocenters. The molecule has 1 aliphatic carbocycles. The molecule has 2 unspecified atom stereocenters. The van der Waals surface area contributed by atoms with E-state index in [4.69, 9.17) is 4.74 Å². The Bertz CT molecular complexity index is 733. The van der Waals surface area contributed by atoms with Crippen molar-refractivity contribution in [2.45, 2.75) is 36.6 Å². The van der Waals surface area contributed by atoms with Crippen LogP contribution in [0.5, 0.6) is 0 Å². The van der Waals surface area contributed by atoms with E-state index in [0.717, 1.165) is 19.3 Å². The normalized spacial score (nSPS) is 20.0. The first-order chi connectivity index (χ1) is 12.1. The SMILES string of the molecule is O=C(OC1CCCCC1[Se]c1ccccc1)c1ccc([N+](=O)[O-])cc1. The van der Waals surface area contributed by atoms with Gasteiger partial charge in [-0.05, 0) is 0 Å². The fraction of sp³-hybridized carbons (Fsp3) is 0.316. The number of hydrogen-bond acceptors (Lipinski definition) is 4. The van der Waals surface area contributed by atoms with E-state index in [2.05, 4.69) is 12.1 Å². The van der Waals surface area contributed by atoms with Gasteiger partial charge in [0, 0.05) is 0 Å². The fourth-order valence-corrected chi connectivity index (χ4v) is 5.64. The van der Waals surface area contributed by atoms with Gasteiger partial charge in [0.2, 0.25) is 0 Å². The fourth-order valence-electron chi connectivity index (χ4n) is 2.93. The zero-order chi connectivity index (χ0) is 17.6. The Morgan fingerprint density at radius 2 is 1.72 bits per heavy atom. The van der Waals surface area contributed by atoms with Crippen molar-refractivity contribution in [3.63, 3.8) is 0 Å². The number of hydrogen-bond donors (Lipinski definition) is 0. The minimum absolute atomic E-state index is 0.0282. The molecule has 3 rings (SSSR count). The van der Waals surface area contributed by atoms with Crippen molar-refractivity contribution in [3.05, 3.63) is 70.3 Å². The number of esters is 1. The molecular weight excluding hydrogens is 385 g/mol. The summed E-state index contributed by atoms with van der Waals surface area (Å²) in [6.45, 7) is 0. The summed E-state index contributed by atoms with van der Waals surface area (Å²) >= 11 is 0.266. The van der Waals surface area contributed by atoms with Gasteiger partial charge >= 0.3 is 152 Å². The number of ether oxygens (including phenoxy) is 1. The Kier molecular flexibility index (Phi) is 5.84. The van der Waals surface area contributed by atoms with Crippen molar-refractivity contribution in [2.75, 3.05) is 0 Å². The van der Waals surface area contributed by atoms with Crippen molar-refractivity contribution >= 4 is 31.1 Å². The first-order valence-corrected chi connectivity index (χ1v) is 10.1. The van der Waals surface area contributed by atoms with Crippen LogP contribution in [0, 0.1) is 10.1 Å². The summed E-state index contributed by atoms with van der Waals surface area (Å²) in [5, 5.41) is 10.7. The van der Waals surface area contributed by atoms with E-state index in [0.29, 0.717) is 10.4 Å². The molecule has 0 aromatic heterocycles. The zero-order valence-corrected chi connectivity index (χ0v) is 15.4. The molecule has 0 aliphatic heterocycles. The number of carbonyl (C=O) groups is 1. The maximum atomic E-state index is 12.4. The van der Waals surface area contributed by atoms with Crippen LogP contribution in [0.3, 0.4) is 0 Å². The summed E-state index contributed by atoms with van der Waals surface area (Å²) in [5.41, 5.74) is 0.335. The van der Waals surface area contributed by atoms with Gasteiger partial charge in [-0.25, -0.2) is 0 Å². The third-order valence-corrected chi connectivity index (χ3v) is 7.15. The molecule has 0 saturated heterocycles. The molecule has 1 fully saturated rings. The van der Waals surface area contributed by atoms with Gasteiger partial charge < -0.3 is 0 Å². The van der Waals surface area contributed by atoms with Crippen LogP contribution in [-0.2, 0) is 4.74 Å². The van der Waals surface area contributed by atoms with Crippen molar-refractivity contribution in [1.29, 1.82) is 0 Å². The summed E-state index contributed by atoms with van der Waals surface area (Å²) in [6, 6.07) is 15.9. The van der Waals surface area contributed by atoms with Gasteiger partial charge in [0.15, 0.2) is 0 Å². The van der Waals surface area contributed by atoms with Gasteiger partial charge in [-0.1, -0.05) is 0 Å². The van der Waals surface area contributed by atoms with E-state index in [1.54, 1.807) is 0 Å². The monoisotopic (exact) mass is 405 g/mol. The number of nitro groups is 1. The zero-order valence-electron chi connectivity index (χ0n) is 13.7. The van der Waals surface area contributed by atoms with Crippen LogP contribution in [0.25, 0.3) is 0 Å². The Morgan fingerprint density at radius 1 is 1.04 bits per heavy atom. The quantitative estimate of drug-likeness (QED) is 0.331. The van der Waals surface area contributed by atoms with Gasteiger partial charge in [-0.3, -0.25) is 0 Å². The van der Waals surface area contributed by atoms with E-state index in [1.807, 2.05) is 18.2 Å². The third-order valence-electron chi connectivity index (χ3n) is 4.24. The third kappa shape index (κ3) is 4.68. The van der Waals surface area contributed by atoms with E-state index >= 15 is 0 Å². The van der Waals surface area contributed by atoms with Crippen LogP contribution in [-0.4, -0.2) is 32.0 Å².